The number of alkyl halides is 1. The van der Waals surface area contributed by atoms with E-state index in [2.05, 4.69) is 6.58 Å². The maximum absolute atomic E-state index is 13.2. The molecule has 0 amide bonds. The Morgan fingerprint density at radius 3 is 2.00 bits per heavy atom. The summed E-state index contributed by atoms with van der Waals surface area (Å²) < 4.78 is 35.1. The van der Waals surface area contributed by atoms with Crippen LogP contribution in [0.3, 0.4) is 0 Å². The highest BCUT2D eigenvalue weighted by Crippen LogP contribution is 2.62. The summed E-state index contributed by atoms with van der Waals surface area (Å²) in [5.41, 5.74) is -6.81. The Kier molecular flexibility index (Phi) is 8.39. The Hall–Kier alpha value is -3.23. The van der Waals surface area contributed by atoms with Gasteiger partial charge in [0.25, 0.3) is 0 Å². The Morgan fingerprint density at radius 2 is 1.49 bits per heavy atom. The maximum Gasteiger partial charge on any atom is 0.336 e. The van der Waals surface area contributed by atoms with E-state index < -0.39 is 113 Å². The zero-order valence-corrected chi connectivity index (χ0v) is 25.2. The Morgan fingerprint density at radius 1 is 0.953 bits per heavy atom. The third-order valence-corrected chi connectivity index (χ3v) is 9.73. The molecule has 1 spiro atoms. The number of carbonyl (C=O) groups is 6. The lowest BCUT2D eigenvalue weighted by atomic mass is 9.50. The van der Waals surface area contributed by atoms with Crippen molar-refractivity contribution in [2.45, 2.75) is 108 Å². The summed E-state index contributed by atoms with van der Waals surface area (Å²) in [6.07, 6.45) is -10.2. The number of carboxylic acid groups (broad SMARTS) is 1. The van der Waals surface area contributed by atoms with Gasteiger partial charge in [-0.2, -0.15) is 0 Å². The van der Waals surface area contributed by atoms with Crippen LogP contribution in [0.2, 0.25) is 0 Å². The minimum atomic E-state index is -2.78. The second kappa shape index (κ2) is 11.0. The number of aliphatic hydroxyl groups is 1. The van der Waals surface area contributed by atoms with Gasteiger partial charge in [-0.3, -0.25) is 24.0 Å². The Balaban J connectivity index is 2.20. The van der Waals surface area contributed by atoms with Crippen LogP contribution in [0.5, 0.6) is 0 Å². The Labute approximate surface area is 251 Å². The van der Waals surface area contributed by atoms with Crippen molar-refractivity contribution in [1.82, 2.24) is 0 Å². The van der Waals surface area contributed by atoms with Gasteiger partial charge in [0.15, 0.2) is 29.5 Å². The molecule has 0 aromatic carbocycles. The van der Waals surface area contributed by atoms with Gasteiger partial charge >= 0.3 is 35.8 Å². The van der Waals surface area contributed by atoms with E-state index in [-0.39, 0.29) is 12.0 Å². The number of fused-ring (bicyclic) bond motifs is 2. The first kappa shape index (κ1) is 32.7. The van der Waals surface area contributed by atoms with Gasteiger partial charge in [-0.15, -0.1) is 11.6 Å². The summed E-state index contributed by atoms with van der Waals surface area (Å²) in [5.74, 6) is -9.27. The molecule has 4 fully saturated rings. The van der Waals surface area contributed by atoms with E-state index in [4.69, 9.17) is 40.0 Å². The largest absolute Gasteiger partial charge is 0.479 e. The van der Waals surface area contributed by atoms with Gasteiger partial charge in [0.2, 0.25) is 0 Å². The smallest absolute Gasteiger partial charge is 0.336 e. The summed E-state index contributed by atoms with van der Waals surface area (Å²) in [6.45, 7) is 11.0. The second-order valence-electron chi connectivity index (χ2n) is 11.8. The average Bonchev–Trinajstić information content (AvgIpc) is 3.14. The number of esters is 5. The fourth-order valence-corrected chi connectivity index (χ4v) is 7.88. The van der Waals surface area contributed by atoms with E-state index >= 15 is 0 Å². The van der Waals surface area contributed by atoms with E-state index in [1.54, 1.807) is 0 Å². The van der Waals surface area contributed by atoms with Crippen LogP contribution in [0.4, 0.5) is 0 Å². The van der Waals surface area contributed by atoms with Crippen molar-refractivity contribution < 1.29 is 67.4 Å². The molecule has 12 atom stereocenters. The highest BCUT2D eigenvalue weighted by Gasteiger charge is 2.79. The quantitative estimate of drug-likeness (QED) is 0.187. The highest BCUT2D eigenvalue weighted by atomic mass is 35.5. The van der Waals surface area contributed by atoms with Crippen LogP contribution in [0.15, 0.2) is 12.2 Å². The van der Waals surface area contributed by atoms with Crippen molar-refractivity contribution in [3.05, 3.63) is 12.2 Å². The van der Waals surface area contributed by atoms with Gasteiger partial charge in [0.1, 0.15) is 18.3 Å². The molecule has 238 valence electrons. The normalized spacial score (nSPS) is 43.5. The van der Waals surface area contributed by atoms with Crippen LogP contribution in [0.25, 0.3) is 0 Å². The van der Waals surface area contributed by atoms with E-state index in [9.17, 15) is 39.0 Å². The summed E-state index contributed by atoms with van der Waals surface area (Å²) in [7, 11) is 0. The standard InChI is InChI=1S/C28H35ClO14/c1-10-17(29)21-28(11(2)24(34)42-21)23(41-15(6)33)20-26(7,16(38-12(3)30)8-9-27(20,37)25(35)36)22(40-14(5)32)19(18(10)43-28)39-13(4)31/h11,16-23,37H,1,8-9H2,2-7H3,(H,35,36). The lowest BCUT2D eigenvalue weighted by molar-refractivity contribution is -0.322. The fourth-order valence-electron chi connectivity index (χ4n) is 7.50. The molecule has 3 aliphatic heterocycles. The van der Waals surface area contributed by atoms with Gasteiger partial charge in [-0.1, -0.05) is 13.5 Å². The van der Waals surface area contributed by atoms with Crippen LogP contribution in [-0.2, 0) is 57.2 Å². The molecule has 14 nitrogen and oxygen atoms in total. The van der Waals surface area contributed by atoms with Gasteiger partial charge < -0.3 is 38.6 Å². The first-order chi connectivity index (χ1) is 19.8. The van der Waals surface area contributed by atoms with Gasteiger partial charge in [0.05, 0.1) is 22.6 Å². The zero-order chi connectivity index (χ0) is 32.4. The van der Waals surface area contributed by atoms with Crippen molar-refractivity contribution in [2.24, 2.45) is 17.3 Å². The predicted octanol–water partition coefficient (Wildman–Crippen LogP) is 0.822. The number of rotatable bonds is 5. The van der Waals surface area contributed by atoms with Gasteiger partial charge in [-0.25, -0.2) is 4.79 Å². The predicted molar refractivity (Wildman–Crippen MR) is 141 cm³/mol. The van der Waals surface area contributed by atoms with Crippen molar-refractivity contribution in [1.29, 1.82) is 0 Å². The molecule has 0 aromatic heterocycles. The molecular weight excluding hydrogens is 596 g/mol. The average molecular weight is 631 g/mol. The van der Waals surface area contributed by atoms with Gasteiger partial charge in [-0.05, 0) is 25.3 Å². The number of hydrogen-bond donors (Lipinski definition) is 2. The number of carbonyl (C=O) groups excluding carboxylic acids is 5. The Bertz CT molecular complexity index is 1270. The molecule has 0 aromatic rings. The minimum absolute atomic E-state index is 0.0459. The molecule has 2 N–H and O–H groups in total. The molecular formula is C28H35ClO14. The van der Waals surface area contributed by atoms with E-state index in [1.807, 2.05) is 0 Å². The maximum atomic E-state index is 13.2. The lowest BCUT2D eigenvalue weighted by Gasteiger charge is -2.63. The number of aliphatic carboxylic acids is 1. The molecule has 0 radical (unpaired) electrons. The summed E-state index contributed by atoms with van der Waals surface area (Å²) >= 11 is 6.83. The molecule has 43 heavy (non-hydrogen) atoms. The van der Waals surface area contributed by atoms with E-state index in [0.29, 0.717) is 0 Å². The van der Waals surface area contributed by atoms with Crippen LogP contribution >= 0.6 is 11.6 Å². The van der Waals surface area contributed by atoms with Crippen molar-refractivity contribution in [3.63, 3.8) is 0 Å². The zero-order valence-electron chi connectivity index (χ0n) is 24.5. The van der Waals surface area contributed by atoms with Gasteiger partial charge in [0, 0.05) is 27.7 Å². The molecule has 4 aliphatic rings. The molecule has 2 bridgehead atoms. The minimum Gasteiger partial charge on any atom is -0.479 e. The molecule has 1 aliphatic carbocycles. The highest BCUT2D eigenvalue weighted by molar-refractivity contribution is 6.23. The number of ether oxygens (including phenoxy) is 6. The first-order valence-corrected chi connectivity index (χ1v) is 14.1. The molecule has 12 unspecified atom stereocenters. The second-order valence-corrected chi connectivity index (χ2v) is 12.3. The van der Waals surface area contributed by atoms with Crippen molar-refractivity contribution in [2.75, 3.05) is 0 Å². The van der Waals surface area contributed by atoms with Crippen LogP contribution < -0.4 is 0 Å². The summed E-state index contributed by atoms with van der Waals surface area (Å²) in [4.78, 5) is 76.5. The third-order valence-electron chi connectivity index (χ3n) is 9.22. The monoisotopic (exact) mass is 630 g/mol. The van der Waals surface area contributed by atoms with Crippen LogP contribution in [0, 0.1) is 17.3 Å². The number of halogens is 1. The fraction of sp³-hybridized carbons (Fsp3) is 0.714. The van der Waals surface area contributed by atoms with Crippen LogP contribution in [-0.4, -0.2) is 99.2 Å². The summed E-state index contributed by atoms with van der Waals surface area (Å²) in [6, 6.07) is 0. The molecule has 3 saturated heterocycles. The number of hydrogen-bond acceptors (Lipinski definition) is 13. The topological polar surface area (TPSA) is 198 Å². The lowest BCUT2D eigenvalue weighted by Crippen LogP contribution is -2.79. The van der Waals surface area contributed by atoms with E-state index in [1.165, 1.54) is 13.8 Å². The molecule has 1 saturated carbocycles. The van der Waals surface area contributed by atoms with E-state index in [0.717, 1.165) is 27.7 Å². The third kappa shape index (κ3) is 4.87. The SMILES string of the molecule is C=C1C(Cl)C2OC(=O)C(C)C23OC1C(OC(C)=O)C(OC(C)=O)C1(C)C(OC(C)=O)CCC(O)(C(=O)O)C1C3OC(C)=O. The first-order valence-electron chi connectivity index (χ1n) is 13.7. The van der Waals surface area contributed by atoms with Crippen molar-refractivity contribution in [3.8, 4) is 0 Å². The summed E-state index contributed by atoms with van der Waals surface area (Å²) in [5, 5.41) is 21.3. The van der Waals surface area contributed by atoms with Crippen molar-refractivity contribution >= 4 is 47.4 Å². The molecule has 3 heterocycles. The molecule has 15 heteroatoms. The number of carboxylic acids is 1. The molecule has 4 rings (SSSR count). The van der Waals surface area contributed by atoms with Crippen LogP contribution in [0.1, 0.15) is 54.4 Å².